The maximum atomic E-state index is 13.4. The van der Waals surface area contributed by atoms with Gasteiger partial charge in [-0.3, -0.25) is 14.6 Å². The highest BCUT2D eigenvalue weighted by atomic mass is 32.2. The second-order valence-electron chi connectivity index (χ2n) is 7.78. The van der Waals surface area contributed by atoms with Gasteiger partial charge in [-0.15, -0.1) is 0 Å². The van der Waals surface area contributed by atoms with Crippen molar-refractivity contribution >= 4 is 21.8 Å². The Morgan fingerprint density at radius 3 is 2.50 bits per heavy atom. The molecule has 1 aromatic heterocycles. The third kappa shape index (κ3) is 5.50. The molecule has 1 aromatic carbocycles. The van der Waals surface area contributed by atoms with Gasteiger partial charge in [0.25, 0.3) is 0 Å². The predicted octanol–water partition coefficient (Wildman–Crippen LogP) is 1.18. The number of pyridine rings is 1. The van der Waals surface area contributed by atoms with Crippen LogP contribution in [0.5, 0.6) is 0 Å². The molecule has 2 N–H and O–H groups in total. The number of carbonyl (C=O) groups excluding carboxylic acids is 2. The second-order valence-corrected chi connectivity index (χ2v) is 9.60. The molecule has 1 atom stereocenters. The monoisotopic (exact) mass is 460 g/mol. The van der Waals surface area contributed by atoms with E-state index in [4.69, 9.17) is 4.74 Å². The highest BCUT2D eigenvalue weighted by molar-refractivity contribution is 7.89. The Bertz CT molecular complexity index is 1070. The normalized spacial score (nSPS) is 17.0. The second kappa shape index (κ2) is 10.2. The van der Waals surface area contributed by atoms with E-state index >= 15 is 0 Å². The van der Waals surface area contributed by atoms with Gasteiger partial charge in [0.05, 0.1) is 18.0 Å². The highest BCUT2D eigenvalue weighted by Gasteiger charge is 2.36. The van der Waals surface area contributed by atoms with E-state index in [2.05, 4.69) is 15.6 Å². The van der Waals surface area contributed by atoms with Crippen molar-refractivity contribution in [3.05, 3.63) is 58.9 Å². The zero-order valence-electron chi connectivity index (χ0n) is 18.4. The summed E-state index contributed by atoms with van der Waals surface area (Å²) in [6.07, 6.45) is 2.84. The number of ether oxygens (including phenoxy) is 1. The van der Waals surface area contributed by atoms with E-state index in [1.165, 1.54) is 4.31 Å². The summed E-state index contributed by atoms with van der Waals surface area (Å²) in [5.41, 5.74) is 3.05. The summed E-state index contributed by atoms with van der Waals surface area (Å²) in [7, 11) is -3.85. The van der Waals surface area contributed by atoms with Gasteiger partial charge in [0.15, 0.2) is 0 Å². The fourth-order valence-corrected chi connectivity index (χ4v) is 5.80. The van der Waals surface area contributed by atoms with Gasteiger partial charge in [-0.25, -0.2) is 8.42 Å². The van der Waals surface area contributed by atoms with Gasteiger partial charge < -0.3 is 15.4 Å². The zero-order chi connectivity index (χ0) is 23.3. The highest BCUT2D eigenvalue weighted by Crippen LogP contribution is 2.28. The number of hydrogen-bond donors (Lipinski definition) is 2. The largest absolute Gasteiger partial charge is 0.360 e. The molecule has 1 saturated heterocycles. The number of sulfonamides is 1. The van der Waals surface area contributed by atoms with Gasteiger partial charge in [0.1, 0.15) is 6.23 Å². The molecule has 0 unspecified atom stereocenters. The average Bonchev–Trinajstić information content (AvgIpc) is 2.75. The first-order chi connectivity index (χ1) is 15.2. The van der Waals surface area contributed by atoms with E-state index in [9.17, 15) is 18.0 Å². The van der Waals surface area contributed by atoms with Gasteiger partial charge >= 0.3 is 11.8 Å². The summed E-state index contributed by atoms with van der Waals surface area (Å²) in [6, 6.07) is 7.16. The molecule has 0 saturated carbocycles. The molecule has 2 amide bonds. The SMILES string of the molecule is Cc1cc(C)c(S(=O)(=O)N2CCCO[C@H]2CNC(=O)C(=O)NCc2cccnc2)c(C)c1. The average molecular weight is 461 g/mol. The van der Waals surface area contributed by atoms with Gasteiger partial charge in [0.2, 0.25) is 10.0 Å². The Morgan fingerprint density at radius 2 is 1.84 bits per heavy atom. The number of carbonyl (C=O) groups is 2. The van der Waals surface area contributed by atoms with Crippen molar-refractivity contribution in [2.45, 2.75) is 44.9 Å². The fraction of sp³-hybridized carbons (Fsp3) is 0.409. The van der Waals surface area contributed by atoms with Crippen molar-refractivity contribution in [2.75, 3.05) is 19.7 Å². The Balaban J connectivity index is 1.66. The van der Waals surface area contributed by atoms with Crippen molar-refractivity contribution in [1.82, 2.24) is 19.9 Å². The molecular weight excluding hydrogens is 432 g/mol. The van der Waals surface area contributed by atoms with Crippen LogP contribution < -0.4 is 10.6 Å². The first-order valence-corrected chi connectivity index (χ1v) is 11.8. The van der Waals surface area contributed by atoms with E-state index in [0.29, 0.717) is 24.2 Å². The molecule has 1 fully saturated rings. The molecule has 2 aromatic rings. The fourth-order valence-electron chi connectivity index (χ4n) is 3.82. The summed E-state index contributed by atoms with van der Waals surface area (Å²) in [5, 5.41) is 4.99. The van der Waals surface area contributed by atoms with Crippen molar-refractivity contribution in [2.24, 2.45) is 0 Å². The van der Waals surface area contributed by atoms with Crippen molar-refractivity contribution in [3.63, 3.8) is 0 Å². The minimum Gasteiger partial charge on any atom is -0.360 e. The molecular formula is C22H28N4O5S. The van der Waals surface area contributed by atoms with Gasteiger partial charge in [-0.05, 0) is 49.9 Å². The van der Waals surface area contributed by atoms with Gasteiger partial charge in [0, 0.05) is 25.5 Å². The third-order valence-corrected chi connectivity index (χ3v) is 7.34. The van der Waals surface area contributed by atoms with Gasteiger partial charge in [-0.1, -0.05) is 23.8 Å². The molecule has 1 aliphatic rings. The molecule has 32 heavy (non-hydrogen) atoms. The van der Waals surface area contributed by atoms with Crippen LogP contribution in [0.15, 0.2) is 41.6 Å². The molecule has 0 aliphatic carbocycles. The predicted molar refractivity (Wildman–Crippen MR) is 118 cm³/mol. The van der Waals surface area contributed by atoms with Crippen LogP contribution >= 0.6 is 0 Å². The number of aryl methyl sites for hydroxylation is 3. The first kappa shape index (κ1) is 23.8. The Kier molecular flexibility index (Phi) is 7.60. The number of amides is 2. The third-order valence-electron chi connectivity index (χ3n) is 5.14. The van der Waals surface area contributed by atoms with E-state index in [0.717, 1.165) is 11.1 Å². The van der Waals surface area contributed by atoms with Crippen LogP contribution in [-0.4, -0.2) is 55.4 Å². The molecule has 10 heteroatoms. The van der Waals surface area contributed by atoms with Crippen molar-refractivity contribution in [3.8, 4) is 0 Å². The van der Waals surface area contributed by atoms with E-state index in [1.807, 2.05) is 19.1 Å². The lowest BCUT2D eigenvalue weighted by molar-refractivity contribution is -0.140. The quantitative estimate of drug-likeness (QED) is 0.625. The van der Waals surface area contributed by atoms with Crippen LogP contribution in [0, 0.1) is 20.8 Å². The molecule has 0 radical (unpaired) electrons. The summed E-state index contributed by atoms with van der Waals surface area (Å²) < 4.78 is 33.8. The Morgan fingerprint density at radius 1 is 1.16 bits per heavy atom. The van der Waals surface area contributed by atoms with E-state index in [1.54, 1.807) is 38.4 Å². The first-order valence-electron chi connectivity index (χ1n) is 10.4. The number of nitrogens with one attached hydrogen (secondary N) is 2. The van der Waals surface area contributed by atoms with E-state index in [-0.39, 0.29) is 24.5 Å². The minimum atomic E-state index is -3.85. The van der Waals surface area contributed by atoms with Crippen LogP contribution in [-0.2, 0) is 30.9 Å². The molecule has 0 spiro atoms. The molecule has 2 heterocycles. The molecule has 1 aliphatic heterocycles. The maximum absolute atomic E-state index is 13.4. The number of rotatable bonds is 6. The summed E-state index contributed by atoms with van der Waals surface area (Å²) in [4.78, 5) is 28.5. The number of nitrogens with zero attached hydrogens (tertiary/aromatic N) is 2. The lowest BCUT2D eigenvalue weighted by atomic mass is 10.1. The summed E-state index contributed by atoms with van der Waals surface area (Å²) in [5.74, 6) is -1.67. The summed E-state index contributed by atoms with van der Waals surface area (Å²) in [6.45, 7) is 6.10. The number of hydrogen-bond acceptors (Lipinski definition) is 6. The lowest BCUT2D eigenvalue weighted by Crippen LogP contribution is -2.53. The van der Waals surface area contributed by atoms with Crippen LogP contribution in [0.4, 0.5) is 0 Å². The van der Waals surface area contributed by atoms with Crippen molar-refractivity contribution < 1.29 is 22.7 Å². The number of aromatic nitrogens is 1. The molecule has 9 nitrogen and oxygen atoms in total. The van der Waals surface area contributed by atoms with Crippen LogP contribution in [0.2, 0.25) is 0 Å². The smallest absolute Gasteiger partial charge is 0.309 e. The topological polar surface area (TPSA) is 118 Å². The van der Waals surface area contributed by atoms with Crippen LogP contribution in [0.25, 0.3) is 0 Å². The van der Waals surface area contributed by atoms with Crippen molar-refractivity contribution in [1.29, 1.82) is 0 Å². The lowest BCUT2D eigenvalue weighted by Gasteiger charge is -2.35. The van der Waals surface area contributed by atoms with Crippen LogP contribution in [0.3, 0.4) is 0 Å². The number of benzene rings is 1. The standard InChI is InChI=1S/C22H28N4O5S/c1-15-10-16(2)20(17(3)11-15)32(29,30)26-8-5-9-31-19(26)14-25-22(28)21(27)24-13-18-6-4-7-23-12-18/h4,6-7,10-12,19H,5,8-9,13-14H2,1-3H3,(H,24,27)(H,25,28)/t19-/m0/s1. The summed E-state index contributed by atoms with van der Waals surface area (Å²) >= 11 is 0. The molecule has 172 valence electrons. The Labute approximate surface area is 188 Å². The maximum Gasteiger partial charge on any atom is 0.309 e. The molecule has 0 bridgehead atoms. The Hall–Kier alpha value is -2.82. The van der Waals surface area contributed by atoms with Crippen LogP contribution in [0.1, 0.15) is 28.7 Å². The zero-order valence-corrected chi connectivity index (χ0v) is 19.2. The van der Waals surface area contributed by atoms with E-state index < -0.39 is 28.1 Å². The molecule has 3 rings (SSSR count). The minimum absolute atomic E-state index is 0.137. The van der Waals surface area contributed by atoms with Gasteiger partial charge in [-0.2, -0.15) is 4.31 Å².